The van der Waals surface area contributed by atoms with E-state index in [2.05, 4.69) is 4.72 Å². The quantitative estimate of drug-likeness (QED) is 0.853. The fraction of sp³-hybridized carbons (Fsp3) is 0.375. The molecule has 2 aromatic rings. The highest BCUT2D eigenvalue weighted by Gasteiger charge is 2.40. The molecule has 5 heteroatoms. The maximum Gasteiger partial charge on any atom is 0.241 e. The van der Waals surface area contributed by atoms with Gasteiger partial charge in [-0.05, 0) is 56.2 Å². The topological polar surface area (TPSA) is 72.2 Å². The van der Waals surface area contributed by atoms with Crippen molar-refractivity contribution in [3.8, 4) is 0 Å². The van der Waals surface area contributed by atoms with Crippen LogP contribution in [-0.2, 0) is 10.0 Å². The Morgan fingerprint density at radius 1 is 1.19 bits per heavy atom. The van der Waals surface area contributed by atoms with Crippen LogP contribution in [0.2, 0.25) is 0 Å². The molecule has 0 saturated heterocycles. The Bertz CT molecular complexity index is 793. The SMILES string of the molecule is CC(C)(NS(=O)(=O)c1cccc2cc(N)ccc12)C1CC1. The lowest BCUT2D eigenvalue weighted by Gasteiger charge is -2.26. The molecular weight excluding hydrogens is 284 g/mol. The Morgan fingerprint density at radius 3 is 2.57 bits per heavy atom. The third kappa shape index (κ3) is 2.76. The zero-order chi connectivity index (χ0) is 15.3. The van der Waals surface area contributed by atoms with Crippen LogP contribution in [0.3, 0.4) is 0 Å². The van der Waals surface area contributed by atoms with Crippen LogP contribution in [0, 0.1) is 5.92 Å². The summed E-state index contributed by atoms with van der Waals surface area (Å²) >= 11 is 0. The average Bonchev–Trinajstić information content (AvgIpc) is 3.20. The maximum absolute atomic E-state index is 12.7. The molecule has 21 heavy (non-hydrogen) atoms. The summed E-state index contributed by atoms with van der Waals surface area (Å²) in [6.07, 6.45) is 2.17. The number of benzene rings is 2. The first-order valence-corrected chi connectivity index (χ1v) is 8.60. The van der Waals surface area contributed by atoms with Crippen molar-refractivity contribution >= 4 is 26.5 Å². The van der Waals surface area contributed by atoms with Gasteiger partial charge in [0.05, 0.1) is 4.90 Å². The van der Waals surface area contributed by atoms with E-state index in [-0.39, 0.29) is 0 Å². The number of rotatable bonds is 4. The number of nitrogen functional groups attached to an aromatic ring is 1. The number of nitrogens with one attached hydrogen (secondary N) is 1. The Balaban J connectivity index is 2.06. The molecule has 3 N–H and O–H groups in total. The van der Waals surface area contributed by atoms with Gasteiger partial charge in [0.25, 0.3) is 0 Å². The molecule has 0 aliphatic heterocycles. The summed E-state index contributed by atoms with van der Waals surface area (Å²) in [5.41, 5.74) is 5.99. The third-order valence-corrected chi connectivity index (χ3v) is 5.88. The van der Waals surface area contributed by atoms with E-state index in [0.29, 0.717) is 21.9 Å². The second kappa shape index (κ2) is 4.71. The lowest BCUT2D eigenvalue weighted by atomic mass is 10.0. The summed E-state index contributed by atoms with van der Waals surface area (Å²) in [6.45, 7) is 3.90. The van der Waals surface area contributed by atoms with Crippen LogP contribution in [0.25, 0.3) is 10.8 Å². The molecule has 0 atom stereocenters. The minimum Gasteiger partial charge on any atom is -0.399 e. The molecule has 0 aromatic heterocycles. The molecule has 0 bridgehead atoms. The van der Waals surface area contributed by atoms with Crippen LogP contribution in [-0.4, -0.2) is 14.0 Å². The number of sulfonamides is 1. The van der Waals surface area contributed by atoms with Gasteiger partial charge in [-0.2, -0.15) is 0 Å². The molecule has 4 nitrogen and oxygen atoms in total. The molecular formula is C16H20N2O2S. The van der Waals surface area contributed by atoms with Gasteiger partial charge in [0, 0.05) is 16.6 Å². The van der Waals surface area contributed by atoms with Gasteiger partial charge in [0.1, 0.15) is 0 Å². The largest absolute Gasteiger partial charge is 0.399 e. The fourth-order valence-corrected chi connectivity index (χ4v) is 4.50. The normalized spacial score (nSPS) is 16.3. The van der Waals surface area contributed by atoms with Crippen LogP contribution in [0.5, 0.6) is 0 Å². The van der Waals surface area contributed by atoms with E-state index in [1.54, 1.807) is 30.3 Å². The van der Waals surface area contributed by atoms with Crippen LogP contribution >= 0.6 is 0 Å². The predicted molar refractivity (Wildman–Crippen MR) is 85.5 cm³/mol. The number of fused-ring (bicyclic) bond motifs is 1. The van der Waals surface area contributed by atoms with Gasteiger partial charge in [-0.1, -0.05) is 18.2 Å². The zero-order valence-electron chi connectivity index (χ0n) is 12.3. The number of nitrogens with two attached hydrogens (primary N) is 1. The van der Waals surface area contributed by atoms with Gasteiger partial charge in [-0.25, -0.2) is 13.1 Å². The van der Waals surface area contributed by atoms with Gasteiger partial charge in [0.15, 0.2) is 0 Å². The predicted octanol–water partition coefficient (Wildman–Crippen LogP) is 2.89. The summed E-state index contributed by atoms with van der Waals surface area (Å²) in [7, 11) is -3.55. The first kappa shape index (κ1) is 14.4. The molecule has 1 aliphatic rings. The van der Waals surface area contributed by atoms with E-state index in [9.17, 15) is 8.42 Å². The van der Waals surface area contributed by atoms with Crippen molar-refractivity contribution in [3.05, 3.63) is 36.4 Å². The minimum atomic E-state index is -3.55. The zero-order valence-corrected chi connectivity index (χ0v) is 13.1. The van der Waals surface area contributed by atoms with E-state index in [1.807, 2.05) is 19.9 Å². The summed E-state index contributed by atoms with van der Waals surface area (Å²) in [6, 6.07) is 10.6. The molecule has 0 spiro atoms. The molecule has 2 aromatic carbocycles. The summed E-state index contributed by atoms with van der Waals surface area (Å²) in [4.78, 5) is 0.314. The first-order valence-electron chi connectivity index (χ1n) is 7.12. The van der Waals surface area contributed by atoms with Gasteiger partial charge in [-0.3, -0.25) is 0 Å². The molecule has 0 amide bonds. The van der Waals surface area contributed by atoms with Gasteiger partial charge in [0.2, 0.25) is 10.0 Å². The van der Waals surface area contributed by atoms with Gasteiger partial charge >= 0.3 is 0 Å². The molecule has 112 valence electrons. The van der Waals surface area contributed by atoms with E-state index in [0.717, 1.165) is 18.2 Å². The Kier molecular flexibility index (Phi) is 3.22. The third-order valence-electron chi connectivity index (χ3n) is 4.15. The smallest absolute Gasteiger partial charge is 0.241 e. The Labute approximate surface area is 125 Å². The molecule has 1 fully saturated rings. The van der Waals surface area contributed by atoms with Crippen molar-refractivity contribution in [3.63, 3.8) is 0 Å². The standard InChI is InChI=1S/C16H20N2O2S/c1-16(2,12-6-7-12)18-21(19,20)15-5-3-4-11-10-13(17)8-9-14(11)15/h3-5,8-10,12,18H,6-7,17H2,1-2H3. The molecule has 0 radical (unpaired) electrons. The second-order valence-electron chi connectivity index (χ2n) is 6.34. The number of hydrogen-bond donors (Lipinski definition) is 2. The number of hydrogen-bond acceptors (Lipinski definition) is 3. The number of anilines is 1. The Morgan fingerprint density at radius 2 is 1.90 bits per heavy atom. The van der Waals surface area contributed by atoms with Crippen molar-refractivity contribution in [1.29, 1.82) is 0 Å². The van der Waals surface area contributed by atoms with E-state index >= 15 is 0 Å². The van der Waals surface area contributed by atoms with Crippen LogP contribution in [0.1, 0.15) is 26.7 Å². The summed E-state index contributed by atoms with van der Waals surface area (Å²) < 4.78 is 28.3. The van der Waals surface area contributed by atoms with Crippen molar-refractivity contribution in [2.24, 2.45) is 5.92 Å². The van der Waals surface area contributed by atoms with E-state index in [4.69, 9.17) is 5.73 Å². The first-order chi connectivity index (χ1) is 9.79. The van der Waals surface area contributed by atoms with Crippen molar-refractivity contribution in [1.82, 2.24) is 4.72 Å². The van der Waals surface area contributed by atoms with E-state index in [1.165, 1.54) is 0 Å². The van der Waals surface area contributed by atoms with Gasteiger partial charge in [-0.15, -0.1) is 0 Å². The fourth-order valence-electron chi connectivity index (χ4n) is 2.80. The summed E-state index contributed by atoms with van der Waals surface area (Å²) in [5, 5.41) is 1.54. The highest BCUT2D eigenvalue weighted by molar-refractivity contribution is 7.89. The molecule has 1 aliphatic carbocycles. The van der Waals surface area contributed by atoms with Crippen molar-refractivity contribution < 1.29 is 8.42 Å². The molecule has 0 unspecified atom stereocenters. The highest BCUT2D eigenvalue weighted by Crippen LogP contribution is 2.40. The van der Waals surface area contributed by atoms with Crippen LogP contribution in [0.15, 0.2) is 41.3 Å². The summed E-state index contributed by atoms with van der Waals surface area (Å²) in [5.74, 6) is 0.429. The lowest BCUT2D eigenvalue weighted by molar-refractivity contribution is 0.401. The van der Waals surface area contributed by atoms with Crippen molar-refractivity contribution in [2.45, 2.75) is 37.1 Å². The minimum absolute atomic E-state index is 0.314. The van der Waals surface area contributed by atoms with E-state index < -0.39 is 15.6 Å². The maximum atomic E-state index is 12.7. The molecule has 3 rings (SSSR count). The average molecular weight is 304 g/mol. The highest BCUT2D eigenvalue weighted by atomic mass is 32.2. The van der Waals surface area contributed by atoms with Crippen LogP contribution in [0.4, 0.5) is 5.69 Å². The lowest BCUT2D eigenvalue weighted by Crippen LogP contribution is -2.45. The molecule has 0 heterocycles. The van der Waals surface area contributed by atoms with Gasteiger partial charge < -0.3 is 5.73 Å². The monoisotopic (exact) mass is 304 g/mol. The Hall–Kier alpha value is -1.59. The van der Waals surface area contributed by atoms with Crippen molar-refractivity contribution in [2.75, 3.05) is 5.73 Å². The second-order valence-corrected chi connectivity index (χ2v) is 7.99. The van der Waals surface area contributed by atoms with Crippen LogP contribution < -0.4 is 10.5 Å². The molecule has 1 saturated carbocycles.